The number of aromatic nitrogens is 1. The molecule has 0 saturated heterocycles. The molecule has 0 atom stereocenters. The molecular formula is C55H36N2. The van der Waals surface area contributed by atoms with Crippen LogP contribution in [0.4, 0.5) is 17.1 Å². The summed E-state index contributed by atoms with van der Waals surface area (Å²) >= 11 is 0. The van der Waals surface area contributed by atoms with Crippen molar-refractivity contribution in [2.45, 2.75) is 5.41 Å². The Labute approximate surface area is 332 Å². The molecule has 266 valence electrons. The van der Waals surface area contributed by atoms with Crippen molar-refractivity contribution in [3.8, 4) is 39.1 Å². The number of fused-ring (bicyclic) bond motifs is 13. The summed E-state index contributed by atoms with van der Waals surface area (Å²) in [5.41, 5.74) is 19.5. The second-order valence-electron chi connectivity index (χ2n) is 15.2. The van der Waals surface area contributed by atoms with Crippen LogP contribution in [-0.2, 0) is 5.41 Å². The van der Waals surface area contributed by atoms with Gasteiger partial charge in [0, 0.05) is 33.4 Å². The van der Waals surface area contributed by atoms with E-state index in [-0.39, 0.29) is 0 Å². The van der Waals surface area contributed by atoms with E-state index in [0.717, 1.165) is 17.1 Å². The van der Waals surface area contributed by atoms with Crippen molar-refractivity contribution in [1.82, 2.24) is 4.57 Å². The van der Waals surface area contributed by atoms with Gasteiger partial charge in [-0.1, -0.05) is 164 Å². The second-order valence-corrected chi connectivity index (χ2v) is 15.2. The molecule has 1 spiro atoms. The van der Waals surface area contributed by atoms with Gasteiger partial charge >= 0.3 is 0 Å². The van der Waals surface area contributed by atoms with Crippen molar-refractivity contribution >= 4 is 38.9 Å². The standard InChI is InChI=1S/C55H36N2/c1-2-16-38(17-3-1)56(39-32-30-37(31-33-39)41-18-7-13-27-52(41)57-53-28-14-8-22-46(53)47-23-9-15-29-54(47)57)40-34-35-45-44-21-6-12-26-50(44)55(51(45)36-40)48-24-10-4-19-42(48)43-20-5-11-25-49(43)55/h1-36H. The minimum atomic E-state index is -0.405. The van der Waals surface area contributed by atoms with E-state index in [1.165, 1.54) is 83.1 Å². The number of hydrogen-bond donors (Lipinski definition) is 0. The maximum atomic E-state index is 2.46. The van der Waals surface area contributed by atoms with E-state index in [4.69, 9.17) is 0 Å². The number of rotatable bonds is 5. The molecule has 0 unspecified atom stereocenters. The third-order valence-corrected chi connectivity index (χ3v) is 12.4. The highest BCUT2D eigenvalue weighted by atomic mass is 15.1. The SMILES string of the molecule is c1ccc(N(c2ccc(-c3ccccc3-n3c4ccccc4c4ccccc43)cc2)c2ccc3c(c2)C2(c4ccccc4-c4ccccc42)c2ccccc2-3)cc1. The second kappa shape index (κ2) is 12.3. The van der Waals surface area contributed by atoms with Crippen LogP contribution in [0.5, 0.6) is 0 Å². The fourth-order valence-corrected chi connectivity index (χ4v) is 10.1. The topological polar surface area (TPSA) is 8.17 Å². The van der Waals surface area contributed by atoms with Crippen molar-refractivity contribution < 1.29 is 0 Å². The van der Waals surface area contributed by atoms with Crippen molar-refractivity contribution in [2.24, 2.45) is 0 Å². The maximum Gasteiger partial charge on any atom is 0.0726 e. The number of benzene rings is 9. The summed E-state index contributed by atoms with van der Waals surface area (Å²) in [5.74, 6) is 0. The Hall–Kier alpha value is -7.42. The van der Waals surface area contributed by atoms with E-state index >= 15 is 0 Å². The summed E-state index contributed by atoms with van der Waals surface area (Å²) in [5, 5.41) is 2.53. The fraction of sp³-hybridized carbons (Fsp3) is 0.0182. The lowest BCUT2D eigenvalue weighted by molar-refractivity contribution is 0.793. The van der Waals surface area contributed by atoms with Gasteiger partial charge < -0.3 is 9.47 Å². The largest absolute Gasteiger partial charge is 0.310 e. The molecule has 2 heteroatoms. The van der Waals surface area contributed by atoms with Crippen molar-refractivity contribution in [3.63, 3.8) is 0 Å². The summed E-state index contributed by atoms with van der Waals surface area (Å²) in [6.45, 7) is 0. The van der Waals surface area contributed by atoms with Crippen LogP contribution in [0, 0.1) is 0 Å². The first kappa shape index (κ1) is 31.9. The third-order valence-electron chi connectivity index (χ3n) is 12.4. The van der Waals surface area contributed by atoms with Crippen LogP contribution in [0.1, 0.15) is 22.3 Å². The fourth-order valence-electron chi connectivity index (χ4n) is 10.1. The normalized spacial score (nSPS) is 13.1. The highest BCUT2D eigenvalue weighted by molar-refractivity contribution is 6.09. The van der Waals surface area contributed by atoms with Crippen LogP contribution in [0.15, 0.2) is 218 Å². The molecule has 0 amide bonds. The Bertz CT molecular complexity index is 3070. The highest BCUT2D eigenvalue weighted by Gasteiger charge is 2.51. The zero-order valence-electron chi connectivity index (χ0n) is 31.2. The van der Waals surface area contributed by atoms with Crippen LogP contribution in [0.25, 0.3) is 60.9 Å². The number of hydrogen-bond acceptors (Lipinski definition) is 1. The quantitative estimate of drug-likeness (QED) is 0.172. The summed E-state index contributed by atoms with van der Waals surface area (Å²) in [6, 6.07) is 80.4. The molecule has 12 rings (SSSR count). The van der Waals surface area contributed by atoms with E-state index in [1.807, 2.05) is 0 Å². The van der Waals surface area contributed by atoms with Crippen LogP contribution in [0.2, 0.25) is 0 Å². The molecule has 0 bridgehead atoms. The van der Waals surface area contributed by atoms with Gasteiger partial charge in [0.1, 0.15) is 0 Å². The lowest BCUT2D eigenvalue weighted by atomic mass is 9.70. The monoisotopic (exact) mass is 724 g/mol. The van der Waals surface area contributed by atoms with Gasteiger partial charge in [-0.3, -0.25) is 0 Å². The maximum absolute atomic E-state index is 2.46. The summed E-state index contributed by atoms with van der Waals surface area (Å²) in [6.07, 6.45) is 0. The van der Waals surface area contributed by atoms with Crippen LogP contribution in [0.3, 0.4) is 0 Å². The predicted octanol–water partition coefficient (Wildman–Crippen LogP) is 14.3. The zero-order chi connectivity index (χ0) is 37.5. The minimum Gasteiger partial charge on any atom is -0.310 e. The third kappa shape index (κ3) is 4.47. The molecule has 0 fully saturated rings. The number of anilines is 3. The molecule has 2 aliphatic carbocycles. The Morgan fingerprint density at radius 2 is 0.754 bits per heavy atom. The lowest BCUT2D eigenvalue weighted by Gasteiger charge is -2.32. The van der Waals surface area contributed by atoms with E-state index in [0.29, 0.717) is 0 Å². The van der Waals surface area contributed by atoms with Gasteiger partial charge in [-0.15, -0.1) is 0 Å². The Balaban J connectivity index is 1.03. The molecule has 0 N–H and O–H groups in total. The van der Waals surface area contributed by atoms with Crippen molar-refractivity contribution in [1.29, 1.82) is 0 Å². The molecule has 2 aliphatic rings. The average molecular weight is 725 g/mol. The molecule has 10 aromatic rings. The summed E-state index contributed by atoms with van der Waals surface area (Å²) in [4.78, 5) is 2.41. The van der Waals surface area contributed by atoms with Gasteiger partial charge in [0.2, 0.25) is 0 Å². The van der Waals surface area contributed by atoms with E-state index in [1.54, 1.807) is 0 Å². The van der Waals surface area contributed by atoms with E-state index in [9.17, 15) is 0 Å². The first-order valence-corrected chi connectivity index (χ1v) is 19.8. The Morgan fingerprint density at radius 3 is 1.35 bits per heavy atom. The first-order chi connectivity index (χ1) is 28.3. The highest BCUT2D eigenvalue weighted by Crippen LogP contribution is 2.63. The van der Waals surface area contributed by atoms with Gasteiger partial charge in [0.15, 0.2) is 0 Å². The molecular weight excluding hydrogens is 689 g/mol. The van der Waals surface area contributed by atoms with Gasteiger partial charge in [0.25, 0.3) is 0 Å². The predicted molar refractivity (Wildman–Crippen MR) is 237 cm³/mol. The van der Waals surface area contributed by atoms with E-state index < -0.39 is 5.41 Å². The molecule has 1 heterocycles. The average Bonchev–Trinajstić information content (AvgIpc) is 3.89. The smallest absolute Gasteiger partial charge is 0.0726 e. The van der Waals surface area contributed by atoms with Crippen molar-refractivity contribution in [2.75, 3.05) is 4.90 Å². The Morgan fingerprint density at radius 1 is 0.316 bits per heavy atom. The molecule has 0 saturated carbocycles. The van der Waals surface area contributed by atoms with Gasteiger partial charge in [0.05, 0.1) is 22.1 Å². The van der Waals surface area contributed by atoms with Gasteiger partial charge in [-0.05, 0) is 105 Å². The first-order valence-electron chi connectivity index (χ1n) is 19.8. The van der Waals surface area contributed by atoms with Gasteiger partial charge in [-0.2, -0.15) is 0 Å². The van der Waals surface area contributed by atoms with Crippen LogP contribution >= 0.6 is 0 Å². The van der Waals surface area contributed by atoms with Crippen LogP contribution < -0.4 is 4.90 Å². The molecule has 9 aromatic carbocycles. The Kier molecular flexibility index (Phi) is 6.88. The summed E-state index contributed by atoms with van der Waals surface area (Å²) < 4.78 is 2.42. The lowest BCUT2D eigenvalue weighted by Crippen LogP contribution is -2.26. The van der Waals surface area contributed by atoms with E-state index in [2.05, 4.69) is 228 Å². The van der Waals surface area contributed by atoms with Gasteiger partial charge in [-0.25, -0.2) is 0 Å². The van der Waals surface area contributed by atoms with Crippen molar-refractivity contribution in [3.05, 3.63) is 241 Å². The molecule has 0 radical (unpaired) electrons. The minimum absolute atomic E-state index is 0.405. The molecule has 1 aromatic heterocycles. The molecule has 57 heavy (non-hydrogen) atoms. The zero-order valence-corrected chi connectivity index (χ0v) is 31.2. The molecule has 2 nitrogen and oxygen atoms in total. The number of para-hydroxylation sites is 4. The van der Waals surface area contributed by atoms with Crippen LogP contribution in [-0.4, -0.2) is 4.57 Å². The molecule has 0 aliphatic heterocycles. The summed E-state index contributed by atoms with van der Waals surface area (Å²) in [7, 11) is 0. The number of nitrogens with zero attached hydrogens (tertiary/aromatic N) is 2.